The van der Waals surface area contributed by atoms with E-state index in [1.165, 1.54) is 5.56 Å². The minimum atomic E-state index is -0.245. The van der Waals surface area contributed by atoms with Crippen molar-refractivity contribution in [1.29, 1.82) is 0 Å². The Morgan fingerprint density at radius 1 is 0.943 bits per heavy atom. The first-order chi connectivity index (χ1) is 17.1. The third-order valence-electron chi connectivity index (χ3n) is 5.98. The Labute approximate surface area is 204 Å². The van der Waals surface area contributed by atoms with Gasteiger partial charge >= 0.3 is 0 Å². The fourth-order valence-corrected chi connectivity index (χ4v) is 4.13. The van der Waals surface area contributed by atoms with Crippen LogP contribution < -0.4 is 5.32 Å². The summed E-state index contributed by atoms with van der Waals surface area (Å²) in [5.74, 6) is -0.245. The van der Waals surface area contributed by atoms with Crippen LogP contribution in [0.5, 0.6) is 0 Å². The van der Waals surface area contributed by atoms with Gasteiger partial charge in [0.2, 0.25) is 0 Å². The quantitative estimate of drug-likeness (QED) is 0.379. The van der Waals surface area contributed by atoms with Crippen molar-refractivity contribution in [3.63, 3.8) is 0 Å². The number of carbonyl (C=O) groups excluding carboxylic acids is 1. The fraction of sp³-hybridized carbons (Fsp3) is 0.143. The van der Waals surface area contributed by atoms with Gasteiger partial charge in [-0.25, -0.2) is 4.68 Å². The third kappa shape index (κ3) is 4.89. The highest BCUT2D eigenvalue weighted by atomic mass is 16.2. The molecule has 0 fully saturated rings. The monoisotopic (exact) mass is 462 g/mol. The van der Waals surface area contributed by atoms with Crippen LogP contribution in [0.15, 0.2) is 91.3 Å². The number of nitrogens with zero attached hydrogens (tertiary/aromatic N) is 5. The van der Waals surface area contributed by atoms with E-state index in [2.05, 4.69) is 51.1 Å². The standard InChI is InChI=1S/C28H26N6O/c1-20-7-5-9-25(17-20)34-21(2)27(31-32-34)28(35)29-18-24-8-3-4-10-26(24)23-13-11-22(12-14-23)19-33-16-6-15-30-33/h3-17H,18-19H2,1-2H3,(H,29,35). The van der Waals surface area contributed by atoms with Crippen molar-refractivity contribution in [2.45, 2.75) is 26.9 Å². The van der Waals surface area contributed by atoms with Crippen molar-refractivity contribution < 1.29 is 4.79 Å². The summed E-state index contributed by atoms with van der Waals surface area (Å²) in [6.45, 7) is 5.00. The lowest BCUT2D eigenvalue weighted by molar-refractivity contribution is 0.0945. The number of rotatable bonds is 7. The highest BCUT2D eigenvalue weighted by Gasteiger charge is 2.18. The van der Waals surface area contributed by atoms with Gasteiger partial charge in [0.1, 0.15) is 0 Å². The lowest BCUT2D eigenvalue weighted by Crippen LogP contribution is -2.24. The summed E-state index contributed by atoms with van der Waals surface area (Å²) in [7, 11) is 0. The maximum Gasteiger partial charge on any atom is 0.274 e. The van der Waals surface area contributed by atoms with E-state index in [1.807, 2.05) is 73.3 Å². The van der Waals surface area contributed by atoms with Gasteiger partial charge in [-0.2, -0.15) is 5.10 Å². The van der Waals surface area contributed by atoms with Crippen LogP contribution in [-0.4, -0.2) is 30.7 Å². The zero-order valence-corrected chi connectivity index (χ0v) is 19.7. The molecule has 0 spiro atoms. The van der Waals surface area contributed by atoms with E-state index < -0.39 is 0 Å². The topological polar surface area (TPSA) is 77.6 Å². The van der Waals surface area contributed by atoms with Gasteiger partial charge in [0.25, 0.3) is 5.91 Å². The second-order valence-electron chi connectivity index (χ2n) is 8.51. The van der Waals surface area contributed by atoms with Crippen LogP contribution in [-0.2, 0) is 13.1 Å². The Morgan fingerprint density at radius 3 is 2.54 bits per heavy atom. The predicted molar refractivity (Wildman–Crippen MR) is 135 cm³/mol. The lowest BCUT2D eigenvalue weighted by atomic mass is 9.98. The maximum atomic E-state index is 13.0. The molecule has 0 unspecified atom stereocenters. The molecule has 0 saturated carbocycles. The molecule has 5 aromatic rings. The molecule has 3 aromatic carbocycles. The molecule has 2 aromatic heterocycles. The molecule has 1 amide bonds. The van der Waals surface area contributed by atoms with Gasteiger partial charge < -0.3 is 5.32 Å². The van der Waals surface area contributed by atoms with Crippen molar-refractivity contribution in [2.75, 3.05) is 0 Å². The molecule has 0 radical (unpaired) electrons. The van der Waals surface area contributed by atoms with Crippen LogP contribution >= 0.6 is 0 Å². The molecule has 7 nitrogen and oxygen atoms in total. The summed E-state index contributed by atoms with van der Waals surface area (Å²) in [5.41, 5.74) is 7.42. The highest BCUT2D eigenvalue weighted by Crippen LogP contribution is 2.24. The molecule has 0 aliphatic rings. The molecule has 35 heavy (non-hydrogen) atoms. The van der Waals surface area contributed by atoms with Crippen LogP contribution in [0.25, 0.3) is 16.8 Å². The van der Waals surface area contributed by atoms with Gasteiger partial charge in [-0.05, 0) is 59.9 Å². The van der Waals surface area contributed by atoms with E-state index in [9.17, 15) is 4.79 Å². The first-order valence-electron chi connectivity index (χ1n) is 11.5. The number of hydrogen-bond donors (Lipinski definition) is 1. The van der Waals surface area contributed by atoms with Gasteiger partial charge in [-0.15, -0.1) is 5.10 Å². The first kappa shape index (κ1) is 22.3. The number of aryl methyl sites for hydroxylation is 1. The van der Waals surface area contributed by atoms with Gasteiger partial charge in [0.15, 0.2) is 5.69 Å². The molecule has 0 bridgehead atoms. The normalized spacial score (nSPS) is 10.9. The molecule has 1 N–H and O–H groups in total. The largest absolute Gasteiger partial charge is 0.346 e. The van der Waals surface area contributed by atoms with Crippen molar-refractivity contribution in [3.8, 4) is 16.8 Å². The molecule has 2 heterocycles. The molecule has 0 atom stereocenters. The molecule has 5 rings (SSSR count). The number of amides is 1. The number of aromatic nitrogens is 5. The highest BCUT2D eigenvalue weighted by molar-refractivity contribution is 5.93. The predicted octanol–water partition coefficient (Wildman–Crippen LogP) is 4.73. The average Bonchev–Trinajstić information content (AvgIpc) is 3.53. The Balaban J connectivity index is 1.30. The van der Waals surface area contributed by atoms with Crippen molar-refractivity contribution >= 4 is 5.91 Å². The SMILES string of the molecule is Cc1cccc(-n2nnc(C(=O)NCc3ccccc3-c3ccc(Cn4cccn4)cc3)c2C)c1. The van der Waals surface area contributed by atoms with Gasteiger partial charge in [-0.1, -0.05) is 65.9 Å². The summed E-state index contributed by atoms with van der Waals surface area (Å²) >= 11 is 0. The summed E-state index contributed by atoms with van der Waals surface area (Å²) in [4.78, 5) is 13.0. The summed E-state index contributed by atoms with van der Waals surface area (Å²) in [6.07, 6.45) is 3.73. The van der Waals surface area contributed by atoms with Crippen molar-refractivity contribution in [1.82, 2.24) is 30.1 Å². The Hall–Kier alpha value is -4.52. The summed E-state index contributed by atoms with van der Waals surface area (Å²) < 4.78 is 3.59. The molecule has 0 aliphatic heterocycles. The Morgan fingerprint density at radius 2 is 1.77 bits per heavy atom. The van der Waals surface area contributed by atoms with E-state index in [4.69, 9.17) is 0 Å². The molecule has 0 aliphatic carbocycles. The van der Waals surface area contributed by atoms with Gasteiger partial charge in [0.05, 0.1) is 17.9 Å². The molecule has 174 valence electrons. The van der Waals surface area contributed by atoms with Crippen LogP contribution in [0.1, 0.15) is 32.9 Å². The second kappa shape index (κ2) is 9.77. The Bertz CT molecular complexity index is 1450. The first-order valence-corrected chi connectivity index (χ1v) is 11.5. The number of nitrogens with one attached hydrogen (secondary N) is 1. The molecule has 7 heteroatoms. The molecule has 0 saturated heterocycles. The minimum Gasteiger partial charge on any atom is -0.346 e. The van der Waals surface area contributed by atoms with Crippen LogP contribution in [0.4, 0.5) is 0 Å². The van der Waals surface area contributed by atoms with E-state index in [0.717, 1.165) is 34.5 Å². The number of hydrogen-bond acceptors (Lipinski definition) is 4. The zero-order chi connectivity index (χ0) is 24.2. The van der Waals surface area contributed by atoms with Crippen LogP contribution in [0.2, 0.25) is 0 Å². The average molecular weight is 463 g/mol. The van der Waals surface area contributed by atoms with Crippen molar-refractivity contribution in [3.05, 3.63) is 119 Å². The maximum absolute atomic E-state index is 13.0. The van der Waals surface area contributed by atoms with Gasteiger partial charge in [-0.3, -0.25) is 9.48 Å². The third-order valence-corrected chi connectivity index (χ3v) is 5.98. The van der Waals surface area contributed by atoms with E-state index in [1.54, 1.807) is 10.9 Å². The smallest absolute Gasteiger partial charge is 0.274 e. The summed E-state index contributed by atoms with van der Waals surface area (Å²) in [5, 5.41) is 15.6. The number of carbonyl (C=O) groups is 1. The second-order valence-corrected chi connectivity index (χ2v) is 8.51. The zero-order valence-electron chi connectivity index (χ0n) is 19.7. The summed E-state index contributed by atoms with van der Waals surface area (Å²) in [6, 6.07) is 26.4. The van der Waals surface area contributed by atoms with Crippen LogP contribution in [0, 0.1) is 13.8 Å². The molecular formula is C28H26N6O. The van der Waals surface area contributed by atoms with E-state index in [0.29, 0.717) is 17.9 Å². The Kier molecular flexibility index (Phi) is 6.22. The fourth-order valence-electron chi connectivity index (χ4n) is 4.13. The van der Waals surface area contributed by atoms with Crippen LogP contribution in [0.3, 0.4) is 0 Å². The van der Waals surface area contributed by atoms with E-state index >= 15 is 0 Å². The lowest BCUT2D eigenvalue weighted by Gasteiger charge is -2.12. The van der Waals surface area contributed by atoms with Crippen molar-refractivity contribution in [2.24, 2.45) is 0 Å². The molecular weight excluding hydrogens is 436 g/mol. The number of benzene rings is 3. The minimum absolute atomic E-state index is 0.245. The van der Waals surface area contributed by atoms with E-state index in [-0.39, 0.29) is 5.91 Å². The van der Waals surface area contributed by atoms with Gasteiger partial charge in [0, 0.05) is 18.9 Å².